The summed E-state index contributed by atoms with van der Waals surface area (Å²) in [5.74, 6) is -2.26. The van der Waals surface area contributed by atoms with Crippen molar-refractivity contribution >= 4 is 63.2 Å². The molecule has 3 aromatic rings. The Hall–Kier alpha value is -4.04. The van der Waals surface area contributed by atoms with E-state index >= 15 is 0 Å². The van der Waals surface area contributed by atoms with Gasteiger partial charge in [0.2, 0.25) is 5.91 Å². The Labute approximate surface area is 275 Å². The molecule has 1 amide bonds. The van der Waals surface area contributed by atoms with Gasteiger partial charge in [-0.1, -0.05) is 71.9 Å². The van der Waals surface area contributed by atoms with E-state index in [9.17, 15) is 19.6 Å². The SMILES string of the molecule is CCOC(=O)C1=C(c2ccccc2)NC(SCC(=O)Nc2sc3c(c2C(=O)OCC)CCCC3)=C(C#N)[C@H]1c1ccccc1Cl. The number of carbonyl (C=O) groups is 3. The van der Waals surface area contributed by atoms with Crippen LogP contribution in [0.2, 0.25) is 5.02 Å². The normalized spacial score (nSPS) is 15.9. The molecule has 1 atom stereocenters. The standard InChI is InChI=1S/C34H32ClN3O5S2/c1-3-42-33(40)28-22-15-9-11-17-25(22)45-32(28)37-26(39)19-44-31-23(18-36)27(21-14-8-10-16-24(21)35)29(34(41)43-4-2)30(38-31)20-12-6-5-7-13-20/h5-8,10,12-14,16,27,38H,3-4,9,11,15,17,19H2,1-2H3,(H,37,39)/t27-/m1/s1. The molecule has 1 aliphatic carbocycles. The van der Waals surface area contributed by atoms with Crippen molar-refractivity contribution in [3.8, 4) is 6.07 Å². The summed E-state index contributed by atoms with van der Waals surface area (Å²) >= 11 is 9.22. The Balaban J connectivity index is 1.50. The Morgan fingerprint density at radius 1 is 1.02 bits per heavy atom. The summed E-state index contributed by atoms with van der Waals surface area (Å²) in [7, 11) is 0. The smallest absolute Gasteiger partial charge is 0.341 e. The Morgan fingerprint density at radius 2 is 1.71 bits per heavy atom. The summed E-state index contributed by atoms with van der Waals surface area (Å²) < 4.78 is 10.8. The van der Waals surface area contributed by atoms with Crippen LogP contribution in [0.1, 0.15) is 64.5 Å². The molecule has 2 aromatic carbocycles. The predicted octanol–water partition coefficient (Wildman–Crippen LogP) is 7.23. The van der Waals surface area contributed by atoms with Crippen LogP contribution in [0.3, 0.4) is 0 Å². The van der Waals surface area contributed by atoms with Crippen LogP contribution < -0.4 is 10.6 Å². The lowest BCUT2D eigenvalue weighted by atomic mass is 9.81. The van der Waals surface area contributed by atoms with Crippen LogP contribution in [0.5, 0.6) is 0 Å². The van der Waals surface area contributed by atoms with E-state index < -0.39 is 17.9 Å². The fourth-order valence-electron chi connectivity index (χ4n) is 5.55. The van der Waals surface area contributed by atoms with Crippen LogP contribution in [0.4, 0.5) is 5.00 Å². The van der Waals surface area contributed by atoms with Gasteiger partial charge in [-0.15, -0.1) is 11.3 Å². The van der Waals surface area contributed by atoms with E-state index in [-0.39, 0.29) is 36.0 Å². The van der Waals surface area contributed by atoms with E-state index in [1.807, 2.05) is 30.3 Å². The highest BCUT2D eigenvalue weighted by Gasteiger charge is 2.38. The number of nitriles is 1. The minimum absolute atomic E-state index is 0.0651. The van der Waals surface area contributed by atoms with Crippen LogP contribution >= 0.6 is 34.7 Å². The van der Waals surface area contributed by atoms with Crippen LogP contribution in [-0.4, -0.2) is 36.8 Å². The number of fused-ring (bicyclic) bond motifs is 1. The number of aryl methyl sites for hydroxylation is 1. The molecule has 2 N–H and O–H groups in total. The number of thiophene rings is 1. The zero-order valence-electron chi connectivity index (χ0n) is 24.9. The van der Waals surface area contributed by atoms with Gasteiger partial charge in [-0.2, -0.15) is 5.26 Å². The fraction of sp³-hybridized carbons (Fsp3) is 0.294. The van der Waals surface area contributed by atoms with Gasteiger partial charge in [0.1, 0.15) is 5.00 Å². The number of anilines is 1. The van der Waals surface area contributed by atoms with Gasteiger partial charge in [-0.3, -0.25) is 4.79 Å². The summed E-state index contributed by atoms with van der Waals surface area (Å²) in [6.45, 7) is 3.86. The zero-order valence-corrected chi connectivity index (χ0v) is 27.3. The predicted molar refractivity (Wildman–Crippen MR) is 178 cm³/mol. The van der Waals surface area contributed by atoms with Crippen molar-refractivity contribution in [2.45, 2.75) is 45.4 Å². The van der Waals surface area contributed by atoms with Gasteiger partial charge in [-0.25, -0.2) is 9.59 Å². The van der Waals surface area contributed by atoms with Gasteiger partial charge < -0.3 is 20.1 Å². The lowest BCUT2D eigenvalue weighted by Gasteiger charge is -2.31. The highest BCUT2D eigenvalue weighted by molar-refractivity contribution is 8.03. The number of ether oxygens (including phenoxy) is 2. The maximum absolute atomic E-state index is 13.5. The summed E-state index contributed by atoms with van der Waals surface area (Å²) in [6, 6.07) is 18.6. The number of amides is 1. The second-order valence-electron chi connectivity index (χ2n) is 10.3. The third-order valence-electron chi connectivity index (χ3n) is 7.48. The molecule has 5 rings (SSSR count). The summed E-state index contributed by atoms with van der Waals surface area (Å²) in [4.78, 5) is 40.9. The lowest BCUT2D eigenvalue weighted by Crippen LogP contribution is -2.30. The number of hydrogen-bond acceptors (Lipinski definition) is 9. The minimum Gasteiger partial charge on any atom is -0.463 e. The van der Waals surface area contributed by atoms with E-state index in [1.54, 1.807) is 38.1 Å². The Kier molecular flexibility index (Phi) is 10.7. The van der Waals surface area contributed by atoms with Crippen molar-refractivity contribution in [2.75, 3.05) is 24.3 Å². The van der Waals surface area contributed by atoms with Crippen LogP contribution in [0, 0.1) is 11.3 Å². The largest absolute Gasteiger partial charge is 0.463 e. The summed E-state index contributed by atoms with van der Waals surface area (Å²) in [5, 5.41) is 18.0. The van der Waals surface area contributed by atoms with Crippen molar-refractivity contribution in [1.29, 1.82) is 5.26 Å². The number of nitrogens with one attached hydrogen (secondary N) is 2. The molecule has 45 heavy (non-hydrogen) atoms. The Bertz CT molecular complexity index is 1720. The second kappa shape index (κ2) is 14.8. The summed E-state index contributed by atoms with van der Waals surface area (Å²) in [5.41, 5.74) is 3.64. The molecule has 1 aliphatic heterocycles. The number of rotatable bonds is 10. The van der Waals surface area contributed by atoms with Gasteiger partial charge >= 0.3 is 11.9 Å². The molecule has 232 valence electrons. The first-order chi connectivity index (χ1) is 21.9. The van der Waals surface area contributed by atoms with Gasteiger partial charge in [0.05, 0.1) is 58.4 Å². The van der Waals surface area contributed by atoms with Crippen molar-refractivity contribution < 1.29 is 23.9 Å². The third-order valence-corrected chi connectivity index (χ3v) is 10.0. The first-order valence-corrected chi connectivity index (χ1v) is 16.9. The maximum atomic E-state index is 13.5. The third kappa shape index (κ3) is 6.96. The molecule has 8 nitrogen and oxygen atoms in total. The number of allylic oxidation sites excluding steroid dienone is 1. The van der Waals surface area contributed by atoms with E-state index in [0.29, 0.717) is 37.4 Å². The lowest BCUT2D eigenvalue weighted by molar-refractivity contribution is -0.138. The van der Waals surface area contributed by atoms with E-state index in [0.717, 1.165) is 47.9 Å². The number of thioether (sulfide) groups is 1. The fourth-order valence-corrected chi connectivity index (χ4v) is 7.93. The van der Waals surface area contributed by atoms with Gasteiger partial charge in [0.25, 0.3) is 0 Å². The molecule has 2 heterocycles. The number of nitrogens with zero attached hydrogens (tertiary/aromatic N) is 1. The average molecular weight is 662 g/mol. The van der Waals surface area contributed by atoms with Crippen LogP contribution in [-0.2, 0) is 31.9 Å². The van der Waals surface area contributed by atoms with Crippen LogP contribution in [0.15, 0.2) is 70.8 Å². The zero-order chi connectivity index (χ0) is 31.9. The molecule has 0 unspecified atom stereocenters. The highest BCUT2D eigenvalue weighted by Crippen LogP contribution is 2.45. The topological polar surface area (TPSA) is 118 Å². The molecule has 0 radical (unpaired) electrons. The van der Waals surface area contributed by atoms with Gasteiger partial charge in [0, 0.05) is 9.90 Å². The van der Waals surface area contributed by atoms with Crippen molar-refractivity contribution in [1.82, 2.24) is 5.32 Å². The molecule has 0 saturated heterocycles. The molecule has 0 fully saturated rings. The van der Waals surface area contributed by atoms with Crippen molar-refractivity contribution in [3.63, 3.8) is 0 Å². The molecule has 1 aromatic heterocycles. The number of hydrogen-bond donors (Lipinski definition) is 2. The molecule has 0 bridgehead atoms. The first-order valence-electron chi connectivity index (χ1n) is 14.7. The first kappa shape index (κ1) is 32.4. The minimum atomic E-state index is -0.843. The maximum Gasteiger partial charge on any atom is 0.341 e. The number of esters is 2. The van der Waals surface area contributed by atoms with Crippen LogP contribution in [0.25, 0.3) is 5.70 Å². The average Bonchev–Trinajstić information content (AvgIpc) is 3.41. The van der Waals surface area contributed by atoms with E-state index in [1.165, 1.54) is 11.3 Å². The number of benzene rings is 2. The summed E-state index contributed by atoms with van der Waals surface area (Å²) in [6.07, 6.45) is 3.65. The Morgan fingerprint density at radius 3 is 2.42 bits per heavy atom. The molecule has 11 heteroatoms. The molecule has 0 saturated carbocycles. The monoisotopic (exact) mass is 661 g/mol. The van der Waals surface area contributed by atoms with Gasteiger partial charge in [-0.05, 0) is 62.3 Å². The number of halogens is 1. The second-order valence-corrected chi connectivity index (χ2v) is 12.8. The molecular formula is C34H32ClN3O5S2. The molecule has 0 spiro atoms. The molecule has 2 aliphatic rings. The van der Waals surface area contributed by atoms with E-state index in [4.69, 9.17) is 21.1 Å². The molecular weight excluding hydrogens is 630 g/mol. The van der Waals surface area contributed by atoms with E-state index in [2.05, 4.69) is 16.7 Å². The number of carbonyl (C=O) groups excluding carboxylic acids is 3. The number of dihydropyridines is 1. The van der Waals surface area contributed by atoms with Gasteiger partial charge in [0.15, 0.2) is 0 Å². The highest BCUT2D eigenvalue weighted by atomic mass is 35.5. The van der Waals surface area contributed by atoms with Crippen molar-refractivity contribution in [2.24, 2.45) is 0 Å². The quantitative estimate of drug-likeness (QED) is 0.219. The van der Waals surface area contributed by atoms with Crippen molar-refractivity contribution in [3.05, 3.63) is 103 Å².